The smallest absolute Gasteiger partial charge is 0.240 e. The zero-order valence-electron chi connectivity index (χ0n) is 10.6. The van der Waals surface area contributed by atoms with Crippen LogP contribution in [-0.4, -0.2) is 15.0 Å². The van der Waals surface area contributed by atoms with Crippen molar-refractivity contribution in [1.82, 2.24) is 4.72 Å². The Morgan fingerprint density at radius 3 is 2.74 bits per heavy atom. The number of furan rings is 1. The van der Waals surface area contributed by atoms with Gasteiger partial charge < -0.3 is 10.2 Å². The number of hydrogen-bond donors (Lipinski definition) is 2. The average Bonchev–Trinajstić information content (AvgIpc) is 2.81. The molecule has 0 aliphatic rings. The summed E-state index contributed by atoms with van der Waals surface area (Å²) in [5, 5.41) is 0. The quantitative estimate of drug-likeness (QED) is 0.816. The van der Waals surface area contributed by atoms with Gasteiger partial charge in [0.1, 0.15) is 5.76 Å². The molecule has 2 aromatic rings. The number of benzene rings is 1. The lowest BCUT2D eigenvalue weighted by Gasteiger charge is -2.09. The van der Waals surface area contributed by atoms with E-state index in [9.17, 15) is 8.42 Å². The Morgan fingerprint density at radius 2 is 2.11 bits per heavy atom. The van der Waals surface area contributed by atoms with E-state index in [1.165, 1.54) is 6.07 Å². The van der Waals surface area contributed by atoms with Gasteiger partial charge in [-0.3, -0.25) is 0 Å². The third-order valence-corrected chi connectivity index (χ3v) is 4.35. The molecule has 1 aromatic heterocycles. The van der Waals surface area contributed by atoms with Crippen molar-refractivity contribution < 1.29 is 12.8 Å². The monoisotopic (exact) mass is 280 g/mol. The second kappa shape index (κ2) is 5.46. The van der Waals surface area contributed by atoms with E-state index >= 15 is 0 Å². The van der Waals surface area contributed by atoms with Gasteiger partial charge in [0.2, 0.25) is 10.0 Å². The van der Waals surface area contributed by atoms with Crippen LogP contribution in [0.4, 0.5) is 5.69 Å². The molecule has 0 bridgehead atoms. The molecule has 1 aromatic carbocycles. The van der Waals surface area contributed by atoms with Gasteiger partial charge in [0.05, 0.1) is 11.2 Å². The van der Waals surface area contributed by atoms with Crippen LogP contribution in [0.1, 0.15) is 11.3 Å². The van der Waals surface area contributed by atoms with Crippen LogP contribution in [0.5, 0.6) is 0 Å². The second-order valence-corrected chi connectivity index (χ2v) is 5.99. The normalized spacial score (nSPS) is 11.6. The summed E-state index contributed by atoms with van der Waals surface area (Å²) in [6, 6.07) is 8.31. The van der Waals surface area contributed by atoms with Gasteiger partial charge in [-0.1, -0.05) is 0 Å². The van der Waals surface area contributed by atoms with Gasteiger partial charge >= 0.3 is 0 Å². The molecule has 0 aliphatic heterocycles. The number of nitrogens with two attached hydrogens (primary N) is 1. The number of hydrogen-bond acceptors (Lipinski definition) is 4. The first-order valence-electron chi connectivity index (χ1n) is 5.87. The predicted molar refractivity (Wildman–Crippen MR) is 73.2 cm³/mol. The Morgan fingerprint density at radius 1 is 1.32 bits per heavy atom. The van der Waals surface area contributed by atoms with Gasteiger partial charge in [-0.15, -0.1) is 0 Å². The Balaban J connectivity index is 2.05. The fraction of sp³-hybridized carbons (Fsp3) is 0.231. The first kappa shape index (κ1) is 13.6. The summed E-state index contributed by atoms with van der Waals surface area (Å²) in [5.74, 6) is 0.747. The number of anilines is 1. The summed E-state index contributed by atoms with van der Waals surface area (Å²) in [4.78, 5) is 0.251. The second-order valence-electron chi connectivity index (χ2n) is 4.25. The molecule has 0 amide bonds. The number of aryl methyl sites for hydroxylation is 1. The van der Waals surface area contributed by atoms with Crippen LogP contribution in [0.15, 0.2) is 45.9 Å². The molecule has 0 fully saturated rings. The van der Waals surface area contributed by atoms with Crippen molar-refractivity contribution in [1.29, 1.82) is 0 Å². The van der Waals surface area contributed by atoms with Gasteiger partial charge in [-0.05, 0) is 42.8 Å². The van der Waals surface area contributed by atoms with Crippen molar-refractivity contribution >= 4 is 15.7 Å². The summed E-state index contributed by atoms with van der Waals surface area (Å²) in [6.45, 7) is 2.01. The molecule has 1 heterocycles. The predicted octanol–water partition coefficient (Wildman–Crippen LogP) is 1.69. The lowest BCUT2D eigenvalue weighted by Crippen LogP contribution is -2.26. The van der Waals surface area contributed by atoms with Gasteiger partial charge in [0.25, 0.3) is 0 Å². The number of nitrogens with one attached hydrogen (secondary N) is 1. The molecule has 0 unspecified atom stereocenters. The highest BCUT2D eigenvalue weighted by molar-refractivity contribution is 7.89. The Hall–Kier alpha value is -1.79. The largest absolute Gasteiger partial charge is 0.469 e. The SMILES string of the molecule is Cc1cc(N)ccc1S(=O)(=O)NCCc1ccco1. The fourth-order valence-corrected chi connectivity index (χ4v) is 3.07. The van der Waals surface area contributed by atoms with E-state index in [0.29, 0.717) is 24.2 Å². The Bertz CT molecular complexity index is 649. The minimum atomic E-state index is -3.51. The van der Waals surface area contributed by atoms with Crippen LogP contribution >= 0.6 is 0 Å². The summed E-state index contributed by atoms with van der Waals surface area (Å²) >= 11 is 0. The van der Waals surface area contributed by atoms with Crippen molar-refractivity contribution in [2.24, 2.45) is 0 Å². The molecule has 0 atom stereocenters. The van der Waals surface area contributed by atoms with E-state index in [0.717, 1.165) is 5.76 Å². The van der Waals surface area contributed by atoms with Crippen LogP contribution in [0.25, 0.3) is 0 Å². The zero-order chi connectivity index (χ0) is 13.9. The number of sulfonamides is 1. The Labute approximate surface area is 112 Å². The van der Waals surface area contributed by atoms with Crippen LogP contribution < -0.4 is 10.5 Å². The maximum Gasteiger partial charge on any atom is 0.240 e. The first-order valence-corrected chi connectivity index (χ1v) is 7.35. The van der Waals surface area contributed by atoms with E-state index < -0.39 is 10.0 Å². The molecule has 19 heavy (non-hydrogen) atoms. The third-order valence-electron chi connectivity index (χ3n) is 2.73. The summed E-state index contributed by atoms with van der Waals surface area (Å²) in [6.07, 6.45) is 2.08. The molecule has 0 aliphatic carbocycles. The van der Waals surface area contributed by atoms with Crippen molar-refractivity contribution in [3.63, 3.8) is 0 Å². The molecule has 2 rings (SSSR count). The zero-order valence-corrected chi connectivity index (χ0v) is 11.4. The van der Waals surface area contributed by atoms with Crippen molar-refractivity contribution in [2.45, 2.75) is 18.2 Å². The molecule has 5 nitrogen and oxygen atoms in total. The molecular formula is C13H16N2O3S. The summed E-state index contributed by atoms with van der Waals surface area (Å²) in [5.41, 5.74) is 6.79. The lowest BCUT2D eigenvalue weighted by molar-refractivity contribution is 0.506. The van der Waals surface area contributed by atoms with E-state index in [1.807, 2.05) is 6.07 Å². The van der Waals surface area contributed by atoms with Crippen LogP contribution in [0.3, 0.4) is 0 Å². The molecule has 3 N–H and O–H groups in total. The highest BCUT2D eigenvalue weighted by Crippen LogP contribution is 2.17. The Kier molecular flexibility index (Phi) is 3.92. The van der Waals surface area contributed by atoms with Gasteiger partial charge in [-0.25, -0.2) is 13.1 Å². The number of nitrogen functional groups attached to an aromatic ring is 1. The van der Waals surface area contributed by atoms with Gasteiger partial charge in [0, 0.05) is 18.7 Å². The molecule has 6 heteroatoms. The highest BCUT2D eigenvalue weighted by atomic mass is 32.2. The summed E-state index contributed by atoms with van der Waals surface area (Å²) < 4.78 is 31.9. The van der Waals surface area contributed by atoms with E-state index in [4.69, 9.17) is 10.2 Å². The molecule has 0 saturated heterocycles. The highest BCUT2D eigenvalue weighted by Gasteiger charge is 2.16. The minimum absolute atomic E-state index is 0.251. The maximum atomic E-state index is 12.1. The van der Waals surface area contributed by atoms with Crippen molar-refractivity contribution in [3.05, 3.63) is 47.9 Å². The van der Waals surface area contributed by atoms with Gasteiger partial charge in [0.15, 0.2) is 0 Å². The topological polar surface area (TPSA) is 85.3 Å². The van der Waals surface area contributed by atoms with Gasteiger partial charge in [-0.2, -0.15) is 0 Å². The lowest BCUT2D eigenvalue weighted by atomic mass is 10.2. The standard InChI is InChI=1S/C13H16N2O3S/c1-10-9-11(14)4-5-13(10)19(16,17)15-7-6-12-3-2-8-18-12/h2-5,8-9,15H,6-7,14H2,1H3. The molecular weight excluding hydrogens is 264 g/mol. The van der Waals surface area contributed by atoms with Crippen LogP contribution in [0.2, 0.25) is 0 Å². The van der Waals surface area contributed by atoms with E-state index in [-0.39, 0.29) is 4.90 Å². The minimum Gasteiger partial charge on any atom is -0.469 e. The average molecular weight is 280 g/mol. The molecule has 0 spiro atoms. The molecule has 0 radical (unpaired) electrons. The van der Waals surface area contributed by atoms with Crippen molar-refractivity contribution in [2.75, 3.05) is 12.3 Å². The third kappa shape index (κ3) is 3.36. The number of rotatable bonds is 5. The van der Waals surface area contributed by atoms with E-state index in [2.05, 4.69) is 4.72 Å². The van der Waals surface area contributed by atoms with Crippen LogP contribution in [0, 0.1) is 6.92 Å². The maximum absolute atomic E-state index is 12.1. The first-order chi connectivity index (χ1) is 8.99. The van der Waals surface area contributed by atoms with Crippen LogP contribution in [-0.2, 0) is 16.4 Å². The van der Waals surface area contributed by atoms with Crippen molar-refractivity contribution in [3.8, 4) is 0 Å². The van der Waals surface area contributed by atoms with E-state index in [1.54, 1.807) is 31.4 Å². The summed E-state index contributed by atoms with van der Waals surface area (Å²) in [7, 11) is -3.51. The fourth-order valence-electron chi connectivity index (χ4n) is 1.82. The molecule has 0 saturated carbocycles. The molecule has 102 valence electrons.